The molecule has 19 heavy (non-hydrogen) atoms. The Bertz CT molecular complexity index is 656. The van der Waals surface area contributed by atoms with E-state index >= 15 is 0 Å². The van der Waals surface area contributed by atoms with Crippen molar-refractivity contribution in [1.82, 2.24) is 14.7 Å². The van der Waals surface area contributed by atoms with Crippen molar-refractivity contribution in [2.24, 2.45) is 0 Å². The first-order chi connectivity index (χ1) is 9.24. The number of rotatable bonds is 3. The standard InChI is InChI=1S/C14H13N3O2/c1-10(17-7-6-15-9-17)11-2-4-12(5-3-11)13-8-14(18)16-19-13/h2-10H,1H3,(H,16,18). The summed E-state index contributed by atoms with van der Waals surface area (Å²) in [5, 5.41) is 12.6. The summed E-state index contributed by atoms with van der Waals surface area (Å²) in [6.45, 7) is 2.11. The minimum absolute atomic E-state index is 0.106. The van der Waals surface area contributed by atoms with Gasteiger partial charge in [0, 0.05) is 24.0 Å². The second kappa shape index (κ2) is 4.61. The van der Waals surface area contributed by atoms with Gasteiger partial charge in [0.1, 0.15) is 0 Å². The highest BCUT2D eigenvalue weighted by Crippen LogP contribution is 2.25. The van der Waals surface area contributed by atoms with Crippen LogP contribution in [0.5, 0.6) is 5.88 Å². The van der Waals surface area contributed by atoms with Crippen LogP contribution in [-0.2, 0) is 0 Å². The average Bonchev–Trinajstić information content (AvgIpc) is 3.09. The number of hydrogen-bond acceptors (Lipinski definition) is 4. The van der Waals surface area contributed by atoms with Gasteiger partial charge in [-0.3, -0.25) is 0 Å². The van der Waals surface area contributed by atoms with Gasteiger partial charge >= 0.3 is 0 Å². The molecule has 3 rings (SSSR count). The molecule has 1 unspecified atom stereocenters. The van der Waals surface area contributed by atoms with E-state index in [1.807, 2.05) is 35.0 Å². The Morgan fingerprint density at radius 2 is 2.05 bits per heavy atom. The summed E-state index contributed by atoms with van der Waals surface area (Å²) in [6, 6.07) is 9.67. The summed E-state index contributed by atoms with van der Waals surface area (Å²) in [4.78, 5) is 4.05. The maximum Gasteiger partial charge on any atom is 0.252 e. The summed E-state index contributed by atoms with van der Waals surface area (Å²) >= 11 is 0. The number of aromatic nitrogens is 3. The van der Waals surface area contributed by atoms with Crippen LogP contribution in [0.25, 0.3) is 11.3 Å². The zero-order valence-corrected chi connectivity index (χ0v) is 10.4. The van der Waals surface area contributed by atoms with Gasteiger partial charge in [-0.25, -0.2) is 4.98 Å². The molecule has 5 heteroatoms. The molecule has 1 atom stereocenters. The van der Waals surface area contributed by atoms with Gasteiger partial charge in [0.05, 0.1) is 12.4 Å². The van der Waals surface area contributed by atoms with Crippen LogP contribution in [0.15, 0.2) is 53.6 Å². The van der Waals surface area contributed by atoms with Crippen molar-refractivity contribution < 1.29 is 9.63 Å². The molecule has 1 aromatic carbocycles. The van der Waals surface area contributed by atoms with E-state index in [4.69, 9.17) is 9.63 Å². The Hall–Kier alpha value is -2.56. The van der Waals surface area contributed by atoms with Crippen molar-refractivity contribution in [3.63, 3.8) is 0 Å². The Morgan fingerprint density at radius 3 is 2.63 bits per heavy atom. The molecule has 0 aliphatic heterocycles. The predicted molar refractivity (Wildman–Crippen MR) is 69.6 cm³/mol. The second-order valence-electron chi connectivity index (χ2n) is 4.36. The molecule has 0 amide bonds. The van der Waals surface area contributed by atoms with Crippen molar-refractivity contribution in [2.45, 2.75) is 13.0 Å². The van der Waals surface area contributed by atoms with E-state index in [-0.39, 0.29) is 11.9 Å². The third-order valence-corrected chi connectivity index (χ3v) is 3.15. The maximum absolute atomic E-state index is 9.17. The molecule has 0 aliphatic carbocycles. The first kappa shape index (κ1) is 11.5. The summed E-state index contributed by atoms with van der Waals surface area (Å²) in [5.74, 6) is 0.449. The summed E-state index contributed by atoms with van der Waals surface area (Å²) in [6.07, 6.45) is 5.50. The smallest absolute Gasteiger partial charge is 0.252 e. The molecule has 96 valence electrons. The van der Waals surface area contributed by atoms with Crippen LogP contribution in [0.3, 0.4) is 0 Å². The summed E-state index contributed by atoms with van der Waals surface area (Å²) < 4.78 is 7.04. The number of hydrogen-bond donors (Lipinski definition) is 1. The SMILES string of the molecule is CC(c1ccc(-c2cc(O)no2)cc1)n1ccnc1. The van der Waals surface area contributed by atoms with Crippen LogP contribution in [0.2, 0.25) is 0 Å². The third kappa shape index (κ3) is 2.22. The second-order valence-corrected chi connectivity index (χ2v) is 4.36. The van der Waals surface area contributed by atoms with Gasteiger partial charge in [0.2, 0.25) is 0 Å². The molecule has 2 heterocycles. The average molecular weight is 255 g/mol. The molecule has 2 aromatic heterocycles. The normalized spacial score (nSPS) is 12.5. The van der Waals surface area contributed by atoms with Crippen LogP contribution in [0, 0.1) is 0 Å². The molecule has 5 nitrogen and oxygen atoms in total. The minimum atomic E-state index is -0.106. The van der Waals surface area contributed by atoms with Crippen LogP contribution < -0.4 is 0 Å². The molecular formula is C14H13N3O2. The molecule has 0 bridgehead atoms. The van der Waals surface area contributed by atoms with Crippen LogP contribution in [-0.4, -0.2) is 19.8 Å². The van der Waals surface area contributed by atoms with Crippen LogP contribution in [0.4, 0.5) is 0 Å². The van der Waals surface area contributed by atoms with E-state index in [1.165, 1.54) is 11.6 Å². The Balaban J connectivity index is 1.87. The lowest BCUT2D eigenvalue weighted by atomic mass is 10.0. The summed E-state index contributed by atoms with van der Waals surface area (Å²) in [5.41, 5.74) is 2.06. The van der Waals surface area contributed by atoms with E-state index in [0.29, 0.717) is 5.76 Å². The Morgan fingerprint density at radius 1 is 1.26 bits per heavy atom. The van der Waals surface area contributed by atoms with Gasteiger partial charge in [-0.2, -0.15) is 0 Å². The lowest BCUT2D eigenvalue weighted by molar-refractivity contribution is 0.365. The van der Waals surface area contributed by atoms with Gasteiger partial charge < -0.3 is 14.2 Å². The summed E-state index contributed by atoms with van der Waals surface area (Å²) in [7, 11) is 0. The zero-order valence-electron chi connectivity index (χ0n) is 10.4. The molecule has 0 saturated carbocycles. The predicted octanol–water partition coefficient (Wildman–Crippen LogP) is 2.85. The van der Waals surface area contributed by atoms with Crippen molar-refractivity contribution >= 4 is 0 Å². The van der Waals surface area contributed by atoms with Gasteiger partial charge in [0.15, 0.2) is 5.76 Å². The first-order valence-corrected chi connectivity index (χ1v) is 5.97. The van der Waals surface area contributed by atoms with Gasteiger partial charge in [-0.15, -0.1) is 0 Å². The highest BCUT2D eigenvalue weighted by atomic mass is 16.5. The third-order valence-electron chi connectivity index (χ3n) is 3.15. The highest BCUT2D eigenvalue weighted by molar-refractivity contribution is 5.58. The number of aromatic hydroxyl groups is 1. The fraction of sp³-hybridized carbons (Fsp3) is 0.143. The number of imidazole rings is 1. The van der Waals surface area contributed by atoms with Crippen LogP contribution in [0.1, 0.15) is 18.5 Å². The van der Waals surface area contributed by atoms with Crippen molar-refractivity contribution in [1.29, 1.82) is 0 Å². The minimum Gasteiger partial charge on any atom is -0.491 e. The number of nitrogens with zero attached hydrogens (tertiary/aromatic N) is 3. The van der Waals surface area contributed by atoms with Crippen LogP contribution >= 0.6 is 0 Å². The number of benzene rings is 1. The van der Waals surface area contributed by atoms with Crippen molar-refractivity contribution in [2.75, 3.05) is 0 Å². The fourth-order valence-electron chi connectivity index (χ4n) is 2.00. The highest BCUT2D eigenvalue weighted by Gasteiger charge is 2.09. The van der Waals surface area contributed by atoms with E-state index in [9.17, 15) is 0 Å². The lowest BCUT2D eigenvalue weighted by Gasteiger charge is -2.13. The molecular weight excluding hydrogens is 242 g/mol. The Labute approximate surface area is 110 Å². The lowest BCUT2D eigenvalue weighted by Crippen LogP contribution is -2.03. The van der Waals surface area contributed by atoms with E-state index in [0.717, 1.165) is 5.56 Å². The maximum atomic E-state index is 9.17. The first-order valence-electron chi connectivity index (χ1n) is 5.97. The fourth-order valence-corrected chi connectivity index (χ4v) is 2.00. The molecule has 0 radical (unpaired) electrons. The monoisotopic (exact) mass is 255 g/mol. The van der Waals surface area contributed by atoms with Crippen molar-refractivity contribution in [3.05, 3.63) is 54.6 Å². The van der Waals surface area contributed by atoms with Gasteiger partial charge in [-0.1, -0.05) is 24.3 Å². The zero-order chi connectivity index (χ0) is 13.2. The van der Waals surface area contributed by atoms with E-state index in [1.54, 1.807) is 12.5 Å². The van der Waals surface area contributed by atoms with E-state index < -0.39 is 0 Å². The molecule has 0 fully saturated rings. The largest absolute Gasteiger partial charge is 0.491 e. The molecule has 0 aliphatic rings. The van der Waals surface area contributed by atoms with Gasteiger partial charge in [0.25, 0.3) is 5.88 Å². The quantitative estimate of drug-likeness (QED) is 0.781. The Kier molecular flexibility index (Phi) is 2.79. The molecule has 3 aromatic rings. The molecule has 1 N–H and O–H groups in total. The van der Waals surface area contributed by atoms with Crippen molar-refractivity contribution in [3.8, 4) is 17.2 Å². The molecule has 0 spiro atoms. The topological polar surface area (TPSA) is 64.1 Å². The van der Waals surface area contributed by atoms with E-state index in [2.05, 4.69) is 17.1 Å². The molecule has 0 saturated heterocycles. The van der Waals surface area contributed by atoms with Gasteiger partial charge in [-0.05, 0) is 17.6 Å².